The van der Waals surface area contributed by atoms with Crippen LogP contribution in [0.2, 0.25) is 0 Å². The maximum Gasteiger partial charge on any atom is 0.149 e. The second-order valence-corrected chi connectivity index (χ2v) is 6.44. The fourth-order valence-electron chi connectivity index (χ4n) is 2.62. The van der Waals surface area contributed by atoms with Crippen molar-refractivity contribution in [3.63, 3.8) is 0 Å². The maximum atomic E-state index is 11.5. The zero-order valence-electron chi connectivity index (χ0n) is 12.7. The SMILES string of the molecule is CN(C)c1ccc([C@@](O)(c2ccccc2)c2cccs2)cc1. The molecule has 0 unspecified atom stereocenters. The van der Waals surface area contributed by atoms with Gasteiger partial charge in [-0.05, 0) is 34.7 Å². The van der Waals surface area contributed by atoms with E-state index in [9.17, 15) is 5.11 Å². The Morgan fingerprint density at radius 2 is 1.45 bits per heavy atom. The number of hydrogen-bond donors (Lipinski definition) is 1. The predicted molar refractivity (Wildman–Crippen MR) is 93.6 cm³/mol. The van der Waals surface area contributed by atoms with Crippen LogP contribution in [0.5, 0.6) is 0 Å². The van der Waals surface area contributed by atoms with Gasteiger partial charge in [0.15, 0.2) is 0 Å². The van der Waals surface area contributed by atoms with Gasteiger partial charge in [0.05, 0.1) is 0 Å². The molecule has 1 N–H and O–H groups in total. The van der Waals surface area contributed by atoms with Crippen molar-refractivity contribution in [3.8, 4) is 0 Å². The molecule has 3 aromatic rings. The van der Waals surface area contributed by atoms with Crippen LogP contribution < -0.4 is 4.90 Å². The van der Waals surface area contributed by atoms with E-state index in [4.69, 9.17) is 0 Å². The van der Waals surface area contributed by atoms with Crippen molar-refractivity contribution in [2.75, 3.05) is 19.0 Å². The number of anilines is 1. The molecule has 2 aromatic carbocycles. The third kappa shape index (κ3) is 2.54. The van der Waals surface area contributed by atoms with E-state index in [1.54, 1.807) is 11.3 Å². The van der Waals surface area contributed by atoms with Gasteiger partial charge < -0.3 is 10.0 Å². The van der Waals surface area contributed by atoms with E-state index in [0.29, 0.717) is 0 Å². The average molecular weight is 309 g/mol. The van der Waals surface area contributed by atoms with Gasteiger partial charge in [-0.3, -0.25) is 0 Å². The Bertz CT molecular complexity index is 720. The highest BCUT2D eigenvalue weighted by atomic mass is 32.1. The summed E-state index contributed by atoms with van der Waals surface area (Å²) in [6.07, 6.45) is 0. The molecule has 3 rings (SSSR count). The van der Waals surface area contributed by atoms with Crippen LogP contribution in [-0.4, -0.2) is 19.2 Å². The molecule has 3 heteroatoms. The minimum absolute atomic E-state index is 0.881. The third-order valence-electron chi connectivity index (χ3n) is 3.87. The lowest BCUT2D eigenvalue weighted by molar-refractivity contribution is 0.129. The van der Waals surface area contributed by atoms with Gasteiger partial charge in [0.1, 0.15) is 5.60 Å². The number of thiophene rings is 1. The van der Waals surface area contributed by atoms with Crippen molar-refractivity contribution >= 4 is 17.0 Å². The van der Waals surface area contributed by atoms with Crippen molar-refractivity contribution < 1.29 is 5.11 Å². The fraction of sp³-hybridized carbons (Fsp3) is 0.158. The molecule has 1 aromatic heterocycles. The zero-order valence-corrected chi connectivity index (χ0v) is 13.5. The molecule has 1 atom stereocenters. The lowest BCUT2D eigenvalue weighted by atomic mass is 9.85. The molecule has 112 valence electrons. The molecule has 0 aliphatic carbocycles. The topological polar surface area (TPSA) is 23.5 Å². The van der Waals surface area contributed by atoms with Crippen molar-refractivity contribution in [2.24, 2.45) is 0 Å². The van der Waals surface area contributed by atoms with Crippen LogP contribution in [0.15, 0.2) is 72.1 Å². The van der Waals surface area contributed by atoms with Crippen LogP contribution in [-0.2, 0) is 5.60 Å². The molecule has 0 aliphatic heterocycles. The molecule has 0 bridgehead atoms. The molecule has 0 amide bonds. The zero-order chi connectivity index (χ0) is 15.6. The first kappa shape index (κ1) is 14.8. The van der Waals surface area contributed by atoms with Gasteiger partial charge in [0, 0.05) is 24.7 Å². The van der Waals surface area contributed by atoms with Gasteiger partial charge in [-0.1, -0.05) is 48.5 Å². The monoisotopic (exact) mass is 309 g/mol. The van der Waals surface area contributed by atoms with Crippen molar-refractivity contribution in [1.29, 1.82) is 0 Å². The van der Waals surface area contributed by atoms with Crippen LogP contribution in [0.4, 0.5) is 5.69 Å². The Morgan fingerprint density at radius 3 is 2.00 bits per heavy atom. The number of rotatable bonds is 4. The number of aliphatic hydroxyl groups is 1. The van der Waals surface area contributed by atoms with E-state index in [1.165, 1.54) is 0 Å². The maximum absolute atomic E-state index is 11.5. The van der Waals surface area contributed by atoms with E-state index in [0.717, 1.165) is 21.7 Å². The van der Waals surface area contributed by atoms with Gasteiger partial charge in [0.25, 0.3) is 0 Å². The van der Waals surface area contributed by atoms with E-state index < -0.39 is 5.60 Å². The van der Waals surface area contributed by atoms with Crippen LogP contribution in [0.25, 0.3) is 0 Å². The molecule has 2 nitrogen and oxygen atoms in total. The van der Waals surface area contributed by atoms with E-state index in [2.05, 4.69) is 4.90 Å². The lowest BCUT2D eigenvalue weighted by Gasteiger charge is -2.29. The summed E-state index contributed by atoms with van der Waals surface area (Å²) in [6, 6.07) is 21.9. The summed E-state index contributed by atoms with van der Waals surface area (Å²) in [5, 5.41) is 13.5. The van der Waals surface area contributed by atoms with E-state index >= 15 is 0 Å². The van der Waals surface area contributed by atoms with Crippen LogP contribution in [0, 0.1) is 0 Å². The Balaban J connectivity index is 2.14. The quantitative estimate of drug-likeness (QED) is 0.784. The van der Waals surface area contributed by atoms with Crippen LogP contribution in [0.3, 0.4) is 0 Å². The first-order chi connectivity index (χ1) is 10.6. The fourth-order valence-corrected chi connectivity index (χ4v) is 3.48. The summed E-state index contributed by atoms with van der Waals surface area (Å²) in [7, 11) is 4.02. The smallest absolute Gasteiger partial charge is 0.149 e. The van der Waals surface area contributed by atoms with Crippen LogP contribution in [0.1, 0.15) is 16.0 Å². The Kier molecular flexibility index (Phi) is 4.01. The second kappa shape index (κ2) is 5.95. The summed E-state index contributed by atoms with van der Waals surface area (Å²) in [4.78, 5) is 2.98. The minimum atomic E-state index is -1.11. The predicted octanol–water partition coefficient (Wildman–Crippen LogP) is 4.10. The molecule has 0 fully saturated rings. The summed E-state index contributed by atoms with van der Waals surface area (Å²) < 4.78 is 0. The van der Waals surface area contributed by atoms with Crippen molar-refractivity contribution in [3.05, 3.63) is 88.1 Å². The molecule has 22 heavy (non-hydrogen) atoms. The molecular weight excluding hydrogens is 290 g/mol. The molecular formula is C19H19NOS. The first-order valence-corrected chi connectivity index (χ1v) is 8.10. The third-order valence-corrected chi connectivity index (χ3v) is 4.85. The highest BCUT2D eigenvalue weighted by molar-refractivity contribution is 7.10. The summed E-state index contributed by atoms with van der Waals surface area (Å²) in [5.74, 6) is 0. The largest absolute Gasteiger partial charge is 0.378 e. The molecule has 0 aliphatic rings. The summed E-state index contributed by atoms with van der Waals surface area (Å²) >= 11 is 1.57. The number of hydrogen-bond acceptors (Lipinski definition) is 3. The first-order valence-electron chi connectivity index (χ1n) is 7.22. The van der Waals surface area contributed by atoms with Gasteiger partial charge in [-0.15, -0.1) is 11.3 Å². The van der Waals surface area contributed by atoms with Gasteiger partial charge in [0.2, 0.25) is 0 Å². The second-order valence-electron chi connectivity index (χ2n) is 5.50. The summed E-state index contributed by atoms with van der Waals surface area (Å²) in [6.45, 7) is 0. The Hall–Kier alpha value is -2.10. The average Bonchev–Trinajstić information content (AvgIpc) is 3.10. The van der Waals surface area contributed by atoms with E-state index in [1.807, 2.05) is 86.2 Å². The minimum Gasteiger partial charge on any atom is -0.378 e. The molecule has 0 spiro atoms. The Labute approximate surface area is 135 Å². The van der Waals surface area contributed by atoms with Gasteiger partial charge in [-0.25, -0.2) is 0 Å². The molecule has 1 heterocycles. The number of benzene rings is 2. The molecule has 0 saturated carbocycles. The summed E-state index contributed by atoms with van der Waals surface area (Å²) in [5.41, 5.74) is 1.77. The van der Waals surface area contributed by atoms with E-state index in [-0.39, 0.29) is 0 Å². The molecule has 0 radical (unpaired) electrons. The van der Waals surface area contributed by atoms with Crippen molar-refractivity contribution in [1.82, 2.24) is 0 Å². The Morgan fingerprint density at radius 1 is 0.818 bits per heavy atom. The van der Waals surface area contributed by atoms with Gasteiger partial charge >= 0.3 is 0 Å². The normalized spacial score (nSPS) is 13.6. The van der Waals surface area contributed by atoms with Crippen LogP contribution >= 0.6 is 11.3 Å². The van der Waals surface area contributed by atoms with Gasteiger partial charge in [-0.2, -0.15) is 0 Å². The molecule has 0 saturated heterocycles. The van der Waals surface area contributed by atoms with Crippen molar-refractivity contribution in [2.45, 2.75) is 5.60 Å². The lowest BCUT2D eigenvalue weighted by Crippen LogP contribution is -2.27. The number of nitrogens with zero attached hydrogens (tertiary/aromatic N) is 1. The highest BCUT2D eigenvalue weighted by Crippen LogP contribution is 2.39. The highest BCUT2D eigenvalue weighted by Gasteiger charge is 2.34. The standard InChI is InChI=1S/C19H19NOS/c1-20(2)17-12-10-16(11-13-17)19(21,18-9-6-14-22-18)15-7-4-3-5-8-15/h3-14,21H,1-2H3/t19-/m0/s1.